The van der Waals surface area contributed by atoms with Crippen LogP contribution in [0.4, 0.5) is 0 Å². The number of aromatic nitrogens is 1. The molecule has 198 valence electrons. The summed E-state index contributed by atoms with van der Waals surface area (Å²) < 4.78 is 17.0. The molecule has 0 spiro atoms. The minimum absolute atomic E-state index is 0.117. The molecular weight excluding hydrogens is 474 g/mol. The van der Waals surface area contributed by atoms with E-state index < -0.39 is 11.6 Å². The van der Waals surface area contributed by atoms with Crippen molar-refractivity contribution in [2.75, 3.05) is 20.7 Å². The number of aryl methyl sites for hydroxylation is 3. The number of carboxylic acids is 1. The number of aliphatic carboxylic acids is 1. The first-order chi connectivity index (χ1) is 17.4. The third kappa shape index (κ3) is 6.89. The van der Waals surface area contributed by atoms with Crippen molar-refractivity contribution in [3.8, 4) is 23.0 Å². The molecular formula is C28H35N3O6. The monoisotopic (exact) mass is 509 g/mol. The summed E-state index contributed by atoms with van der Waals surface area (Å²) in [4.78, 5) is 30.5. The Morgan fingerprint density at radius 2 is 1.70 bits per heavy atom. The molecule has 1 heterocycles. The molecule has 37 heavy (non-hydrogen) atoms. The highest BCUT2D eigenvalue weighted by molar-refractivity contribution is 5.78. The van der Waals surface area contributed by atoms with E-state index >= 15 is 0 Å². The van der Waals surface area contributed by atoms with Crippen LogP contribution in [0.5, 0.6) is 11.5 Å². The van der Waals surface area contributed by atoms with Crippen LogP contribution in [0.15, 0.2) is 40.8 Å². The number of rotatable bonds is 11. The van der Waals surface area contributed by atoms with Gasteiger partial charge in [-0.15, -0.1) is 0 Å². The van der Waals surface area contributed by atoms with Crippen molar-refractivity contribution in [3.63, 3.8) is 0 Å². The van der Waals surface area contributed by atoms with Crippen LogP contribution in [0.25, 0.3) is 11.5 Å². The Kier molecular flexibility index (Phi) is 8.60. The molecule has 2 aromatic carbocycles. The molecule has 3 rings (SSSR count). The maximum atomic E-state index is 12.3. The van der Waals surface area contributed by atoms with Crippen molar-refractivity contribution < 1.29 is 28.6 Å². The zero-order valence-electron chi connectivity index (χ0n) is 22.5. The molecule has 0 aliphatic heterocycles. The quantitative estimate of drug-likeness (QED) is 0.394. The number of methoxy groups -OCH3 is 1. The summed E-state index contributed by atoms with van der Waals surface area (Å²) in [6.07, 6.45) is 0. The lowest BCUT2D eigenvalue weighted by molar-refractivity contribution is -0.152. The van der Waals surface area contributed by atoms with Crippen molar-refractivity contribution in [1.29, 1.82) is 0 Å². The molecule has 0 aliphatic carbocycles. The van der Waals surface area contributed by atoms with Gasteiger partial charge in [-0.05, 0) is 75.6 Å². The molecule has 1 aromatic heterocycles. The number of hydrogen-bond acceptors (Lipinski definition) is 7. The number of oxazole rings is 1. The molecule has 0 saturated carbocycles. The van der Waals surface area contributed by atoms with Gasteiger partial charge < -0.3 is 24.3 Å². The van der Waals surface area contributed by atoms with Gasteiger partial charge in [0.05, 0.1) is 19.3 Å². The van der Waals surface area contributed by atoms with E-state index in [1.54, 1.807) is 14.2 Å². The minimum Gasteiger partial charge on any atom is -0.497 e. The highest BCUT2D eigenvalue weighted by atomic mass is 16.5. The van der Waals surface area contributed by atoms with Crippen LogP contribution in [0, 0.1) is 20.8 Å². The van der Waals surface area contributed by atoms with E-state index in [1.807, 2.05) is 62.1 Å². The first-order valence-electron chi connectivity index (χ1n) is 12.0. The topological polar surface area (TPSA) is 114 Å². The third-order valence-corrected chi connectivity index (χ3v) is 6.05. The summed E-state index contributed by atoms with van der Waals surface area (Å²) in [5.41, 5.74) is 2.84. The zero-order valence-corrected chi connectivity index (χ0v) is 22.5. The summed E-state index contributed by atoms with van der Waals surface area (Å²) in [5, 5.41) is 12.1. The van der Waals surface area contributed by atoms with Gasteiger partial charge in [0.25, 0.3) is 0 Å². The Balaban J connectivity index is 1.84. The molecule has 0 unspecified atom stereocenters. The third-order valence-electron chi connectivity index (χ3n) is 6.05. The molecule has 0 bridgehead atoms. The number of likely N-dealkylation sites (N-methyl/N-ethyl adjacent to an activating group) is 1. The number of carboxylic acid groups (broad SMARTS) is 1. The summed E-state index contributed by atoms with van der Waals surface area (Å²) in [6.45, 7) is 9.72. The van der Waals surface area contributed by atoms with Gasteiger partial charge in [0.2, 0.25) is 11.8 Å². The average molecular weight is 510 g/mol. The molecule has 0 radical (unpaired) electrons. The normalized spacial score (nSPS) is 11.5. The van der Waals surface area contributed by atoms with Crippen LogP contribution in [-0.4, -0.2) is 53.2 Å². The van der Waals surface area contributed by atoms with Crippen LogP contribution in [0.3, 0.4) is 0 Å². The molecule has 3 aromatic rings. The van der Waals surface area contributed by atoms with Gasteiger partial charge in [-0.2, -0.15) is 0 Å². The van der Waals surface area contributed by atoms with Crippen molar-refractivity contribution in [3.05, 3.63) is 64.5 Å². The molecule has 1 amide bonds. The van der Waals surface area contributed by atoms with Crippen LogP contribution in [0.1, 0.15) is 42.0 Å². The Hall–Kier alpha value is -3.85. The second-order valence-electron chi connectivity index (χ2n) is 9.55. The van der Waals surface area contributed by atoms with E-state index in [-0.39, 0.29) is 12.5 Å². The number of benzene rings is 2. The molecule has 0 aliphatic rings. The Morgan fingerprint density at radius 1 is 1.08 bits per heavy atom. The Bertz CT molecular complexity index is 1240. The van der Waals surface area contributed by atoms with Gasteiger partial charge in [-0.1, -0.05) is 12.1 Å². The van der Waals surface area contributed by atoms with Gasteiger partial charge in [0.1, 0.15) is 17.3 Å². The van der Waals surface area contributed by atoms with E-state index in [1.165, 1.54) is 13.8 Å². The number of nitrogens with one attached hydrogen (secondary N) is 1. The first kappa shape index (κ1) is 27.7. The molecule has 9 heteroatoms. The van der Waals surface area contributed by atoms with E-state index in [0.29, 0.717) is 30.5 Å². The van der Waals surface area contributed by atoms with Crippen molar-refractivity contribution in [2.24, 2.45) is 0 Å². The summed E-state index contributed by atoms with van der Waals surface area (Å²) in [5.74, 6) is 1.32. The smallest absolute Gasteiger partial charge is 0.347 e. The van der Waals surface area contributed by atoms with E-state index in [0.717, 1.165) is 33.7 Å². The first-order valence-corrected chi connectivity index (χ1v) is 12.0. The predicted octanol–water partition coefficient (Wildman–Crippen LogP) is 4.27. The fraction of sp³-hybridized carbons (Fsp3) is 0.393. The maximum absolute atomic E-state index is 12.3. The van der Waals surface area contributed by atoms with Gasteiger partial charge in [0, 0.05) is 25.7 Å². The van der Waals surface area contributed by atoms with E-state index in [2.05, 4.69) is 5.32 Å². The highest BCUT2D eigenvalue weighted by Gasteiger charge is 2.30. The molecule has 0 atom stereocenters. The number of amides is 1. The molecule has 2 N–H and O–H groups in total. The number of carbonyl (C=O) groups is 2. The SMILES string of the molecule is CNC(=O)CN(Cc1cc(C)c(OC(C)(C)C(=O)O)c(C)c1)Cc1nc(-c2ccc(OC)cc2)oc1C. The summed E-state index contributed by atoms with van der Waals surface area (Å²) in [7, 11) is 3.22. The maximum Gasteiger partial charge on any atom is 0.347 e. The summed E-state index contributed by atoms with van der Waals surface area (Å²) >= 11 is 0. The largest absolute Gasteiger partial charge is 0.497 e. The second-order valence-corrected chi connectivity index (χ2v) is 9.55. The standard InChI is InChI=1S/C28H35N3O6/c1-17-12-20(13-18(2)25(17)37-28(4,5)27(33)34)14-31(16-24(32)29-6)15-23-19(3)36-26(30-23)21-8-10-22(35-7)11-9-21/h8-13H,14-16H2,1-7H3,(H,29,32)(H,33,34). The summed E-state index contributed by atoms with van der Waals surface area (Å²) in [6, 6.07) is 11.4. The zero-order chi connectivity index (χ0) is 27.3. The number of nitrogens with zero attached hydrogens (tertiary/aromatic N) is 2. The molecule has 0 saturated heterocycles. The lowest BCUT2D eigenvalue weighted by Crippen LogP contribution is -2.38. The second kappa shape index (κ2) is 11.5. The van der Waals surface area contributed by atoms with Crippen LogP contribution in [-0.2, 0) is 22.7 Å². The van der Waals surface area contributed by atoms with Gasteiger partial charge >= 0.3 is 5.97 Å². The fourth-order valence-corrected chi connectivity index (χ4v) is 3.94. The Labute approximate surface area is 217 Å². The van der Waals surface area contributed by atoms with Crippen molar-refractivity contribution in [1.82, 2.24) is 15.2 Å². The van der Waals surface area contributed by atoms with Crippen molar-refractivity contribution in [2.45, 2.75) is 53.3 Å². The van der Waals surface area contributed by atoms with Gasteiger partial charge in [0.15, 0.2) is 5.60 Å². The lowest BCUT2D eigenvalue weighted by Gasteiger charge is -2.25. The average Bonchev–Trinajstić information content (AvgIpc) is 3.21. The predicted molar refractivity (Wildman–Crippen MR) is 140 cm³/mol. The Morgan fingerprint density at radius 3 is 2.24 bits per heavy atom. The fourth-order valence-electron chi connectivity index (χ4n) is 3.94. The molecule has 0 fully saturated rings. The van der Waals surface area contributed by atoms with Gasteiger partial charge in [-0.25, -0.2) is 9.78 Å². The van der Waals surface area contributed by atoms with E-state index in [4.69, 9.17) is 18.9 Å². The molecule has 9 nitrogen and oxygen atoms in total. The van der Waals surface area contributed by atoms with Crippen LogP contribution < -0.4 is 14.8 Å². The number of hydrogen-bond donors (Lipinski definition) is 2. The minimum atomic E-state index is -1.35. The number of carbonyl (C=O) groups excluding carboxylic acids is 1. The van der Waals surface area contributed by atoms with Gasteiger partial charge in [-0.3, -0.25) is 9.69 Å². The lowest BCUT2D eigenvalue weighted by atomic mass is 10.0. The van der Waals surface area contributed by atoms with Crippen LogP contribution in [0.2, 0.25) is 0 Å². The van der Waals surface area contributed by atoms with Crippen LogP contribution >= 0.6 is 0 Å². The van der Waals surface area contributed by atoms with E-state index in [9.17, 15) is 14.7 Å². The highest BCUT2D eigenvalue weighted by Crippen LogP contribution is 2.30. The number of ether oxygens (including phenoxy) is 2. The van der Waals surface area contributed by atoms with Crippen molar-refractivity contribution >= 4 is 11.9 Å².